The molecule has 0 amide bonds. The molecule has 0 unspecified atom stereocenters. The predicted octanol–water partition coefficient (Wildman–Crippen LogP) is 5.85. The van der Waals surface area contributed by atoms with E-state index in [0.717, 1.165) is 29.6 Å². The molecular weight excluding hydrogens is 411 g/mol. The zero-order chi connectivity index (χ0) is 13.6. The number of aromatic nitrogens is 2. The van der Waals surface area contributed by atoms with E-state index >= 15 is 0 Å². The lowest BCUT2D eigenvalue weighted by Gasteiger charge is -2.04. The third-order valence-corrected chi connectivity index (χ3v) is 5.33. The van der Waals surface area contributed by atoms with Gasteiger partial charge in [-0.3, -0.25) is 0 Å². The quantitative estimate of drug-likeness (QED) is 0.464. The Bertz CT molecular complexity index is 786. The molecule has 0 aliphatic heterocycles. The Morgan fingerprint density at radius 2 is 1.95 bits per heavy atom. The average Bonchev–Trinajstić information content (AvgIpc) is 2.69. The number of hydrogen-bond donors (Lipinski definition) is 0. The molecule has 96 valence electrons. The third kappa shape index (κ3) is 2.57. The minimum Gasteiger partial charge on any atom is -0.228 e. The molecule has 1 aromatic carbocycles. The van der Waals surface area contributed by atoms with Crippen LogP contribution in [-0.2, 0) is 0 Å². The molecule has 0 saturated carbocycles. The monoisotopic (exact) mass is 416 g/mol. The third-order valence-electron chi connectivity index (χ3n) is 2.70. The van der Waals surface area contributed by atoms with Gasteiger partial charge < -0.3 is 0 Å². The van der Waals surface area contributed by atoms with Crippen LogP contribution < -0.4 is 0 Å². The number of benzene rings is 1. The number of aryl methyl sites for hydroxylation is 1. The maximum Gasteiger partial charge on any atom is 0.163 e. The van der Waals surface area contributed by atoms with Crippen LogP contribution in [0.15, 0.2) is 31.8 Å². The molecule has 0 radical (unpaired) electrons. The molecule has 2 heterocycles. The van der Waals surface area contributed by atoms with E-state index in [4.69, 9.17) is 11.6 Å². The zero-order valence-corrected chi connectivity index (χ0v) is 14.5. The van der Waals surface area contributed by atoms with Gasteiger partial charge in [0.1, 0.15) is 5.15 Å². The van der Waals surface area contributed by atoms with Crippen LogP contribution in [0.3, 0.4) is 0 Å². The van der Waals surface area contributed by atoms with Gasteiger partial charge in [0.15, 0.2) is 5.82 Å². The van der Waals surface area contributed by atoms with Crippen LogP contribution in [-0.4, -0.2) is 9.97 Å². The van der Waals surface area contributed by atoms with Crippen molar-refractivity contribution < 1.29 is 0 Å². The molecule has 6 heteroatoms. The Kier molecular flexibility index (Phi) is 3.64. The molecule has 19 heavy (non-hydrogen) atoms. The summed E-state index contributed by atoms with van der Waals surface area (Å²) in [5.41, 5.74) is 2.95. The van der Waals surface area contributed by atoms with E-state index in [2.05, 4.69) is 41.8 Å². The topological polar surface area (TPSA) is 25.8 Å². The Morgan fingerprint density at radius 1 is 1.16 bits per heavy atom. The Balaban J connectivity index is 2.26. The van der Waals surface area contributed by atoms with Crippen LogP contribution in [0.2, 0.25) is 5.15 Å². The normalized spacial score (nSPS) is 11.2. The van der Waals surface area contributed by atoms with Crippen molar-refractivity contribution in [2.24, 2.45) is 0 Å². The first-order valence-corrected chi connectivity index (χ1v) is 8.22. The molecule has 0 N–H and O–H groups in total. The fourth-order valence-corrected chi connectivity index (χ4v) is 4.84. The van der Waals surface area contributed by atoms with E-state index in [9.17, 15) is 0 Å². The molecule has 3 aromatic rings. The van der Waals surface area contributed by atoms with Crippen LogP contribution in [0, 0.1) is 6.92 Å². The molecular formula is C13H7Br2ClN2S. The van der Waals surface area contributed by atoms with Crippen LogP contribution in [0.4, 0.5) is 0 Å². The second-order valence-electron chi connectivity index (χ2n) is 4.10. The summed E-state index contributed by atoms with van der Waals surface area (Å²) >= 11 is 14.8. The summed E-state index contributed by atoms with van der Waals surface area (Å²) in [6, 6.07) is 7.98. The van der Waals surface area contributed by atoms with Gasteiger partial charge in [-0.05, 0) is 57.0 Å². The average molecular weight is 419 g/mol. The highest BCUT2D eigenvalue weighted by atomic mass is 79.9. The Hall–Kier alpha value is -0.490. The molecule has 2 nitrogen and oxygen atoms in total. The first kappa shape index (κ1) is 13.5. The highest BCUT2D eigenvalue weighted by Gasteiger charge is 2.13. The van der Waals surface area contributed by atoms with E-state index in [1.807, 2.05) is 31.2 Å². The van der Waals surface area contributed by atoms with E-state index < -0.39 is 0 Å². The maximum absolute atomic E-state index is 6.27. The second kappa shape index (κ2) is 5.13. The highest BCUT2D eigenvalue weighted by Crippen LogP contribution is 2.38. The molecule has 0 aliphatic rings. The summed E-state index contributed by atoms with van der Waals surface area (Å²) < 4.78 is 2.01. The number of nitrogens with zero attached hydrogens (tertiary/aromatic N) is 2. The summed E-state index contributed by atoms with van der Waals surface area (Å²) in [6.45, 7) is 2.02. The molecule has 0 bridgehead atoms. The van der Waals surface area contributed by atoms with Gasteiger partial charge in [0.2, 0.25) is 0 Å². The van der Waals surface area contributed by atoms with Gasteiger partial charge in [-0.15, -0.1) is 11.3 Å². The largest absolute Gasteiger partial charge is 0.228 e. The molecule has 0 fully saturated rings. The molecule has 2 aromatic heterocycles. The fraction of sp³-hybridized carbons (Fsp3) is 0.0769. The van der Waals surface area contributed by atoms with Crippen molar-refractivity contribution in [3.63, 3.8) is 0 Å². The van der Waals surface area contributed by atoms with Crippen molar-refractivity contribution >= 4 is 65.7 Å². The molecule has 0 spiro atoms. The lowest BCUT2D eigenvalue weighted by Crippen LogP contribution is -1.91. The SMILES string of the molecule is Cc1ccc2nc(-c3cc(Br)sc3Br)nc(Cl)c2c1. The van der Waals surface area contributed by atoms with Gasteiger partial charge >= 0.3 is 0 Å². The van der Waals surface area contributed by atoms with Gasteiger partial charge in [-0.2, -0.15) is 0 Å². The van der Waals surface area contributed by atoms with E-state index in [1.165, 1.54) is 0 Å². The molecule has 0 saturated heterocycles. The first-order valence-electron chi connectivity index (χ1n) is 5.44. The van der Waals surface area contributed by atoms with Crippen molar-refractivity contribution in [3.8, 4) is 11.4 Å². The number of thiophene rings is 1. The Labute approximate surface area is 136 Å². The second-order valence-corrected chi connectivity index (χ2v) is 8.20. The van der Waals surface area contributed by atoms with Crippen molar-refractivity contribution in [2.45, 2.75) is 6.92 Å². The number of rotatable bonds is 1. The fourth-order valence-electron chi connectivity index (χ4n) is 1.82. The number of fused-ring (bicyclic) bond motifs is 1. The predicted molar refractivity (Wildman–Crippen MR) is 88.0 cm³/mol. The zero-order valence-electron chi connectivity index (χ0n) is 9.75. The van der Waals surface area contributed by atoms with Gasteiger partial charge in [-0.25, -0.2) is 9.97 Å². The molecule has 3 rings (SSSR count). The van der Waals surface area contributed by atoms with Gasteiger partial charge in [-0.1, -0.05) is 23.2 Å². The van der Waals surface area contributed by atoms with E-state index in [0.29, 0.717) is 11.0 Å². The smallest absolute Gasteiger partial charge is 0.163 e. The summed E-state index contributed by atoms with van der Waals surface area (Å²) in [5, 5.41) is 1.37. The number of halogens is 3. The standard InChI is InChI=1S/C13H7Br2ClN2S/c1-6-2-3-9-7(4-6)12(16)18-13(17-9)8-5-10(14)19-11(8)15/h2-5H,1H3. The van der Waals surface area contributed by atoms with Gasteiger partial charge in [0.25, 0.3) is 0 Å². The Morgan fingerprint density at radius 3 is 2.63 bits per heavy atom. The van der Waals surface area contributed by atoms with Gasteiger partial charge in [0, 0.05) is 10.9 Å². The molecule has 0 atom stereocenters. The van der Waals surface area contributed by atoms with Crippen molar-refractivity contribution in [1.82, 2.24) is 9.97 Å². The van der Waals surface area contributed by atoms with E-state index in [-0.39, 0.29) is 0 Å². The highest BCUT2D eigenvalue weighted by molar-refractivity contribution is 9.12. The number of hydrogen-bond acceptors (Lipinski definition) is 3. The van der Waals surface area contributed by atoms with Crippen LogP contribution in [0.25, 0.3) is 22.3 Å². The summed E-state index contributed by atoms with van der Waals surface area (Å²) in [5.74, 6) is 0.634. The minimum atomic E-state index is 0.484. The van der Waals surface area contributed by atoms with Crippen molar-refractivity contribution in [2.75, 3.05) is 0 Å². The van der Waals surface area contributed by atoms with Crippen molar-refractivity contribution in [1.29, 1.82) is 0 Å². The van der Waals surface area contributed by atoms with Crippen LogP contribution in [0.1, 0.15) is 5.56 Å². The summed E-state index contributed by atoms with van der Waals surface area (Å²) in [6.07, 6.45) is 0. The van der Waals surface area contributed by atoms with Gasteiger partial charge in [0.05, 0.1) is 13.1 Å². The van der Waals surface area contributed by atoms with Crippen molar-refractivity contribution in [3.05, 3.63) is 42.6 Å². The van der Waals surface area contributed by atoms with Crippen LogP contribution >= 0.6 is 54.8 Å². The lowest BCUT2D eigenvalue weighted by atomic mass is 10.1. The van der Waals surface area contributed by atoms with E-state index in [1.54, 1.807) is 11.3 Å². The summed E-state index contributed by atoms with van der Waals surface area (Å²) in [7, 11) is 0. The summed E-state index contributed by atoms with van der Waals surface area (Å²) in [4.78, 5) is 8.98. The minimum absolute atomic E-state index is 0.484. The maximum atomic E-state index is 6.27. The van der Waals surface area contributed by atoms with Crippen LogP contribution in [0.5, 0.6) is 0 Å². The lowest BCUT2D eigenvalue weighted by molar-refractivity contribution is 1.23. The first-order chi connectivity index (χ1) is 9.04. The molecule has 0 aliphatic carbocycles.